The molecule has 3 N–H and O–H groups in total. The van der Waals surface area contributed by atoms with Crippen LogP contribution in [0.5, 0.6) is 0 Å². The van der Waals surface area contributed by atoms with Crippen LogP contribution in [0, 0.1) is 16.0 Å². The van der Waals surface area contributed by atoms with Crippen LogP contribution in [-0.4, -0.2) is 44.4 Å². The van der Waals surface area contributed by atoms with Gasteiger partial charge in [-0.05, 0) is 62.1 Å². The van der Waals surface area contributed by atoms with Crippen LogP contribution in [0.3, 0.4) is 0 Å². The number of rotatable bonds is 7. The number of hydrogen-bond donors (Lipinski definition) is 2. The second-order valence-corrected chi connectivity index (χ2v) is 9.82. The van der Waals surface area contributed by atoms with Crippen molar-refractivity contribution in [1.29, 1.82) is 0 Å². The summed E-state index contributed by atoms with van der Waals surface area (Å²) >= 11 is 0. The van der Waals surface area contributed by atoms with Crippen molar-refractivity contribution >= 4 is 39.0 Å². The number of hydrogen-bond acceptors (Lipinski definition) is 8. The summed E-state index contributed by atoms with van der Waals surface area (Å²) in [5.74, 6) is -1.13. The lowest BCUT2D eigenvalue weighted by molar-refractivity contribution is -0.384. The molecule has 0 aliphatic carbocycles. The van der Waals surface area contributed by atoms with Gasteiger partial charge in [0, 0.05) is 24.8 Å². The van der Waals surface area contributed by atoms with Gasteiger partial charge < -0.3 is 15.0 Å². The Kier molecular flexibility index (Phi) is 7.52. The Bertz CT molecular complexity index is 1200. The molecular weight excluding hydrogens is 464 g/mol. The van der Waals surface area contributed by atoms with Crippen LogP contribution in [0.25, 0.3) is 0 Å². The molecule has 11 nitrogen and oxygen atoms in total. The van der Waals surface area contributed by atoms with E-state index < -0.39 is 32.9 Å². The molecule has 1 saturated heterocycles. The maximum Gasteiger partial charge on any atom is 0.339 e. The molecule has 0 spiro atoms. The minimum atomic E-state index is -3.87. The van der Waals surface area contributed by atoms with Crippen molar-refractivity contribution in [2.24, 2.45) is 11.1 Å². The van der Waals surface area contributed by atoms with Gasteiger partial charge in [-0.1, -0.05) is 6.92 Å². The van der Waals surface area contributed by atoms with Crippen LogP contribution >= 0.6 is 0 Å². The molecule has 182 valence electrons. The fourth-order valence-electron chi connectivity index (χ4n) is 3.73. The highest BCUT2D eigenvalue weighted by atomic mass is 32.2. The topological polar surface area (TPSA) is 162 Å². The van der Waals surface area contributed by atoms with E-state index in [0.717, 1.165) is 18.9 Å². The van der Waals surface area contributed by atoms with Crippen LogP contribution in [-0.2, 0) is 19.6 Å². The average Bonchev–Trinajstić information content (AvgIpc) is 2.78. The molecule has 2 aromatic carbocycles. The lowest BCUT2D eigenvalue weighted by Crippen LogP contribution is -2.34. The summed E-state index contributed by atoms with van der Waals surface area (Å²) in [4.78, 5) is 37.9. The zero-order valence-corrected chi connectivity index (χ0v) is 19.6. The number of anilines is 2. The van der Waals surface area contributed by atoms with E-state index in [1.807, 2.05) is 4.90 Å². The molecule has 3 rings (SSSR count). The molecule has 2 atom stereocenters. The van der Waals surface area contributed by atoms with Gasteiger partial charge in [-0.25, -0.2) is 18.4 Å². The summed E-state index contributed by atoms with van der Waals surface area (Å²) in [5, 5.41) is 19.2. The summed E-state index contributed by atoms with van der Waals surface area (Å²) in [6, 6.07) is 9.28. The molecule has 2 aromatic rings. The largest absolute Gasteiger partial charge is 0.449 e. The molecular formula is C22H26N4O7S. The number of primary sulfonamides is 1. The Morgan fingerprint density at radius 3 is 2.50 bits per heavy atom. The third kappa shape index (κ3) is 6.08. The number of ether oxygens (including phenoxy) is 1. The number of carbonyl (C=O) groups excluding carboxylic acids is 2. The normalized spacial score (nSPS) is 17.0. The molecule has 0 radical (unpaired) electrons. The maximum absolute atomic E-state index is 12.6. The van der Waals surface area contributed by atoms with E-state index >= 15 is 0 Å². The number of nitrogens with one attached hydrogen (secondary N) is 1. The second-order valence-electron chi connectivity index (χ2n) is 8.26. The first kappa shape index (κ1) is 25.1. The molecule has 12 heteroatoms. The lowest BCUT2D eigenvalue weighted by Gasteiger charge is -2.32. The van der Waals surface area contributed by atoms with Crippen molar-refractivity contribution in [2.75, 3.05) is 23.3 Å². The monoisotopic (exact) mass is 490 g/mol. The minimum Gasteiger partial charge on any atom is -0.449 e. The number of nitrogens with two attached hydrogens (primary N) is 1. The van der Waals surface area contributed by atoms with Gasteiger partial charge in [-0.2, -0.15) is 0 Å². The van der Waals surface area contributed by atoms with Gasteiger partial charge in [0.1, 0.15) is 5.69 Å². The van der Waals surface area contributed by atoms with Gasteiger partial charge in [0.15, 0.2) is 6.10 Å². The van der Waals surface area contributed by atoms with Crippen molar-refractivity contribution in [3.05, 3.63) is 58.1 Å². The summed E-state index contributed by atoms with van der Waals surface area (Å²) in [7, 11) is -3.87. The fraction of sp³-hybridized carbons (Fsp3) is 0.364. The van der Waals surface area contributed by atoms with Crippen LogP contribution in [0.15, 0.2) is 47.4 Å². The smallest absolute Gasteiger partial charge is 0.339 e. The van der Waals surface area contributed by atoms with Crippen molar-refractivity contribution in [1.82, 2.24) is 0 Å². The van der Waals surface area contributed by atoms with Gasteiger partial charge in [0.2, 0.25) is 10.0 Å². The Balaban J connectivity index is 1.68. The summed E-state index contributed by atoms with van der Waals surface area (Å²) < 4.78 is 27.8. The molecule has 1 aliphatic heterocycles. The fourth-order valence-corrected chi connectivity index (χ4v) is 4.24. The zero-order chi connectivity index (χ0) is 25.0. The number of nitro groups is 1. The van der Waals surface area contributed by atoms with E-state index in [1.165, 1.54) is 43.3 Å². The van der Waals surface area contributed by atoms with Gasteiger partial charge in [0.05, 0.1) is 15.4 Å². The Morgan fingerprint density at radius 2 is 1.91 bits per heavy atom. The highest BCUT2D eigenvalue weighted by Crippen LogP contribution is 2.32. The van der Waals surface area contributed by atoms with E-state index in [2.05, 4.69) is 12.2 Å². The van der Waals surface area contributed by atoms with Gasteiger partial charge in [-0.3, -0.25) is 14.9 Å². The predicted molar refractivity (Wildman–Crippen MR) is 125 cm³/mol. The SMILES string of the molecule is CC1CCCN(c2ccc(C(=O)OC(C)C(=O)Nc3ccc(S(N)(=O)=O)cc3)cc2[N+](=O)[O-])C1. The third-order valence-electron chi connectivity index (χ3n) is 5.51. The predicted octanol–water partition coefficient (Wildman–Crippen LogP) is 2.66. The Labute approximate surface area is 197 Å². The van der Waals surface area contributed by atoms with E-state index in [0.29, 0.717) is 24.7 Å². The molecule has 1 aliphatic rings. The Morgan fingerprint density at radius 1 is 1.24 bits per heavy atom. The van der Waals surface area contributed by atoms with Crippen molar-refractivity contribution in [3.63, 3.8) is 0 Å². The van der Waals surface area contributed by atoms with E-state index in [9.17, 15) is 28.1 Å². The number of amides is 1. The number of esters is 1. The quantitative estimate of drug-likeness (QED) is 0.340. The first-order chi connectivity index (χ1) is 16.0. The highest BCUT2D eigenvalue weighted by molar-refractivity contribution is 7.89. The van der Waals surface area contributed by atoms with Gasteiger partial charge in [-0.15, -0.1) is 0 Å². The van der Waals surface area contributed by atoms with Gasteiger partial charge >= 0.3 is 5.97 Å². The third-order valence-corrected chi connectivity index (χ3v) is 6.44. The van der Waals surface area contributed by atoms with Crippen molar-refractivity contribution in [2.45, 2.75) is 37.7 Å². The minimum absolute atomic E-state index is 0.0438. The number of benzene rings is 2. The first-order valence-corrected chi connectivity index (χ1v) is 12.2. The van der Waals surface area contributed by atoms with Gasteiger partial charge in [0.25, 0.3) is 11.6 Å². The number of nitrogens with zero attached hydrogens (tertiary/aromatic N) is 2. The Hall–Kier alpha value is -3.51. The summed E-state index contributed by atoms with van der Waals surface area (Å²) in [6.07, 6.45) is 0.775. The molecule has 1 fully saturated rings. The lowest BCUT2D eigenvalue weighted by atomic mass is 9.99. The molecule has 0 bridgehead atoms. The second kappa shape index (κ2) is 10.2. The summed E-state index contributed by atoms with van der Waals surface area (Å²) in [5.41, 5.74) is 0.478. The standard InChI is InChI=1S/C22H26N4O7S/c1-14-4-3-11-25(13-14)19-10-5-16(12-20(19)26(29)30)22(28)33-15(2)21(27)24-17-6-8-18(9-7-17)34(23,31)32/h5-10,12,14-15H,3-4,11,13H2,1-2H3,(H,24,27)(H2,23,31,32). The van der Waals surface area contributed by atoms with Crippen molar-refractivity contribution < 1.29 is 27.7 Å². The molecule has 0 saturated carbocycles. The number of nitro benzene ring substituents is 1. The number of piperidine rings is 1. The van der Waals surface area contributed by atoms with E-state index in [-0.39, 0.29) is 21.8 Å². The maximum atomic E-state index is 12.6. The molecule has 2 unspecified atom stereocenters. The first-order valence-electron chi connectivity index (χ1n) is 10.6. The zero-order valence-electron chi connectivity index (χ0n) is 18.8. The summed E-state index contributed by atoms with van der Waals surface area (Å²) in [6.45, 7) is 4.83. The molecule has 1 heterocycles. The van der Waals surface area contributed by atoms with Crippen molar-refractivity contribution in [3.8, 4) is 0 Å². The van der Waals surface area contributed by atoms with E-state index in [1.54, 1.807) is 0 Å². The average molecular weight is 491 g/mol. The van der Waals surface area contributed by atoms with Crippen LogP contribution in [0.4, 0.5) is 17.1 Å². The van der Waals surface area contributed by atoms with E-state index in [4.69, 9.17) is 9.88 Å². The van der Waals surface area contributed by atoms with Crippen LogP contribution < -0.4 is 15.4 Å². The number of sulfonamides is 1. The van der Waals surface area contributed by atoms with Crippen LogP contribution in [0.2, 0.25) is 0 Å². The highest BCUT2D eigenvalue weighted by Gasteiger charge is 2.27. The molecule has 34 heavy (non-hydrogen) atoms. The molecule has 1 amide bonds. The number of carbonyl (C=O) groups is 2. The van der Waals surface area contributed by atoms with Crippen LogP contribution in [0.1, 0.15) is 37.0 Å². The molecule has 0 aromatic heterocycles.